The standard InChI is InChI=1S/C21H29FN4O/c1-23-21(24-11-5-8-17-7-4-9-18(22)15-17)25-16-19(20-10-6-14-27-20)26-12-2-3-13-26/h4,6-7,9-10,14-15,19H,2-3,5,8,11-13,16H2,1H3,(H2,23,24,25). The molecule has 1 fully saturated rings. The van der Waals surface area contributed by atoms with E-state index in [9.17, 15) is 4.39 Å². The van der Waals surface area contributed by atoms with Gasteiger partial charge in [-0.25, -0.2) is 4.39 Å². The van der Waals surface area contributed by atoms with Gasteiger partial charge in [0.15, 0.2) is 5.96 Å². The minimum absolute atomic E-state index is 0.177. The van der Waals surface area contributed by atoms with Gasteiger partial charge in [0.05, 0.1) is 12.3 Å². The van der Waals surface area contributed by atoms with Gasteiger partial charge in [0.1, 0.15) is 11.6 Å². The van der Waals surface area contributed by atoms with Crippen LogP contribution in [0.1, 0.15) is 36.6 Å². The number of hydrogen-bond acceptors (Lipinski definition) is 3. The molecule has 3 rings (SSSR count). The fourth-order valence-corrected chi connectivity index (χ4v) is 3.55. The van der Waals surface area contributed by atoms with Crippen LogP contribution in [-0.2, 0) is 6.42 Å². The fraction of sp³-hybridized carbons (Fsp3) is 0.476. The highest BCUT2D eigenvalue weighted by Gasteiger charge is 2.25. The highest BCUT2D eigenvalue weighted by atomic mass is 19.1. The van der Waals surface area contributed by atoms with Gasteiger partial charge in [-0.05, 0) is 68.6 Å². The van der Waals surface area contributed by atoms with Crippen LogP contribution in [0.3, 0.4) is 0 Å². The smallest absolute Gasteiger partial charge is 0.191 e. The van der Waals surface area contributed by atoms with E-state index in [4.69, 9.17) is 4.42 Å². The Hall–Kier alpha value is -2.34. The molecule has 0 bridgehead atoms. The van der Waals surface area contributed by atoms with Gasteiger partial charge in [0.2, 0.25) is 0 Å². The summed E-state index contributed by atoms with van der Waals surface area (Å²) in [5, 5.41) is 6.76. The number of rotatable bonds is 8. The van der Waals surface area contributed by atoms with Crippen molar-refractivity contribution in [1.82, 2.24) is 15.5 Å². The maximum absolute atomic E-state index is 13.2. The van der Waals surface area contributed by atoms with E-state index >= 15 is 0 Å². The molecule has 5 nitrogen and oxygen atoms in total. The van der Waals surface area contributed by atoms with Gasteiger partial charge in [-0.3, -0.25) is 9.89 Å². The van der Waals surface area contributed by atoms with Crippen molar-refractivity contribution in [2.24, 2.45) is 4.99 Å². The molecule has 6 heteroatoms. The number of benzene rings is 1. The van der Waals surface area contributed by atoms with Crippen molar-refractivity contribution in [3.05, 3.63) is 59.8 Å². The van der Waals surface area contributed by atoms with E-state index in [1.54, 1.807) is 25.4 Å². The molecule has 2 N–H and O–H groups in total. The Morgan fingerprint density at radius 2 is 2.07 bits per heavy atom. The summed E-state index contributed by atoms with van der Waals surface area (Å²) in [5.74, 6) is 1.60. The third kappa shape index (κ3) is 5.82. The molecule has 1 aliphatic rings. The molecule has 2 aromatic rings. The summed E-state index contributed by atoms with van der Waals surface area (Å²) in [6, 6.07) is 11.0. The Balaban J connectivity index is 1.44. The molecular formula is C21H29FN4O. The van der Waals surface area contributed by atoms with Crippen LogP contribution in [-0.4, -0.2) is 44.1 Å². The van der Waals surface area contributed by atoms with E-state index in [1.165, 1.54) is 18.9 Å². The Morgan fingerprint density at radius 1 is 1.22 bits per heavy atom. The minimum Gasteiger partial charge on any atom is -0.468 e. The largest absolute Gasteiger partial charge is 0.468 e. The van der Waals surface area contributed by atoms with Gasteiger partial charge in [-0.15, -0.1) is 0 Å². The second-order valence-corrected chi connectivity index (χ2v) is 6.89. The van der Waals surface area contributed by atoms with Crippen LogP contribution in [0.2, 0.25) is 0 Å². The van der Waals surface area contributed by atoms with Crippen molar-refractivity contribution in [3.63, 3.8) is 0 Å². The predicted molar refractivity (Wildman–Crippen MR) is 106 cm³/mol. The first-order chi connectivity index (χ1) is 13.3. The van der Waals surface area contributed by atoms with E-state index in [0.29, 0.717) is 0 Å². The maximum Gasteiger partial charge on any atom is 0.191 e. The van der Waals surface area contributed by atoms with Crippen LogP contribution in [0.15, 0.2) is 52.1 Å². The highest BCUT2D eigenvalue weighted by molar-refractivity contribution is 5.79. The number of aryl methyl sites for hydroxylation is 1. The van der Waals surface area contributed by atoms with E-state index in [-0.39, 0.29) is 11.9 Å². The van der Waals surface area contributed by atoms with E-state index in [2.05, 4.69) is 20.5 Å². The van der Waals surface area contributed by atoms with E-state index in [0.717, 1.165) is 56.3 Å². The summed E-state index contributed by atoms with van der Waals surface area (Å²) >= 11 is 0. The number of nitrogens with zero attached hydrogens (tertiary/aromatic N) is 2. The number of guanidine groups is 1. The van der Waals surface area contributed by atoms with Gasteiger partial charge >= 0.3 is 0 Å². The monoisotopic (exact) mass is 372 g/mol. The molecular weight excluding hydrogens is 343 g/mol. The molecule has 1 unspecified atom stereocenters. The molecule has 1 saturated heterocycles. The molecule has 27 heavy (non-hydrogen) atoms. The third-order valence-corrected chi connectivity index (χ3v) is 4.96. The number of aliphatic imine (C=N–C) groups is 1. The van der Waals surface area contributed by atoms with Crippen LogP contribution in [0.25, 0.3) is 0 Å². The SMILES string of the molecule is CN=C(NCCCc1cccc(F)c1)NCC(c1ccco1)N1CCCC1. The predicted octanol–water partition coefficient (Wildman–Crippen LogP) is 3.35. The number of furan rings is 1. The Kier molecular flexibility index (Phi) is 7.27. The summed E-state index contributed by atoms with van der Waals surface area (Å²) < 4.78 is 18.9. The van der Waals surface area contributed by atoms with Crippen molar-refractivity contribution in [2.45, 2.75) is 31.7 Å². The lowest BCUT2D eigenvalue weighted by molar-refractivity contribution is 0.215. The lowest BCUT2D eigenvalue weighted by Gasteiger charge is -2.26. The number of halogens is 1. The normalized spacial score (nSPS) is 16.4. The molecule has 0 radical (unpaired) electrons. The molecule has 146 valence electrons. The van der Waals surface area contributed by atoms with Gasteiger partial charge in [0, 0.05) is 20.1 Å². The minimum atomic E-state index is -0.177. The van der Waals surface area contributed by atoms with Crippen molar-refractivity contribution in [2.75, 3.05) is 33.2 Å². The molecule has 0 spiro atoms. The van der Waals surface area contributed by atoms with E-state index in [1.807, 2.05) is 18.2 Å². The second kappa shape index (κ2) is 10.1. The average molecular weight is 372 g/mol. The second-order valence-electron chi connectivity index (χ2n) is 6.89. The Bertz CT molecular complexity index is 711. The first-order valence-electron chi connectivity index (χ1n) is 9.72. The highest BCUT2D eigenvalue weighted by Crippen LogP contribution is 2.24. The zero-order chi connectivity index (χ0) is 18.9. The summed E-state index contributed by atoms with van der Waals surface area (Å²) in [5.41, 5.74) is 1.02. The summed E-state index contributed by atoms with van der Waals surface area (Å²) in [6.45, 7) is 3.74. The molecule has 0 aliphatic carbocycles. The summed E-state index contributed by atoms with van der Waals surface area (Å²) in [7, 11) is 1.78. The van der Waals surface area contributed by atoms with Gasteiger partial charge in [-0.2, -0.15) is 0 Å². The van der Waals surface area contributed by atoms with Crippen molar-refractivity contribution in [3.8, 4) is 0 Å². The van der Waals surface area contributed by atoms with Crippen LogP contribution < -0.4 is 10.6 Å². The van der Waals surface area contributed by atoms with Gasteiger partial charge < -0.3 is 15.1 Å². The zero-order valence-corrected chi connectivity index (χ0v) is 16.0. The first kappa shape index (κ1) is 19.4. The fourth-order valence-electron chi connectivity index (χ4n) is 3.55. The lowest BCUT2D eigenvalue weighted by Crippen LogP contribution is -2.42. The molecule has 1 aromatic heterocycles. The van der Waals surface area contributed by atoms with E-state index < -0.39 is 0 Å². The van der Waals surface area contributed by atoms with Gasteiger partial charge in [0.25, 0.3) is 0 Å². The molecule has 1 aliphatic heterocycles. The quantitative estimate of drug-likeness (QED) is 0.424. The number of nitrogens with one attached hydrogen (secondary N) is 2. The van der Waals surface area contributed by atoms with Gasteiger partial charge in [-0.1, -0.05) is 12.1 Å². The third-order valence-electron chi connectivity index (χ3n) is 4.96. The first-order valence-corrected chi connectivity index (χ1v) is 9.72. The molecule has 1 atom stereocenters. The molecule has 2 heterocycles. The molecule has 0 saturated carbocycles. The van der Waals surface area contributed by atoms with Crippen LogP contribution in [0.4, 0.5) is 4.39 Å². The average Bonchev–Trinajstić information content (AvgIpc) is 3.38. The topological polar surface area (TPSA) is 52.8 Å². The Labute approximate surface area is 160 Å². The maximum atomic E-state index is 13.2. The van der Waals surface area contributed by atoms with Crippen LogP contribution >= 0.6 is 0 Å². The lowest BCUT2D eigenvalue weighted by atomic mass is 10.1. The molecule has 0 amide bonds. The van der Waals surface area contributed by atoms with Crippen LogP contribution in [0.5, 0.6) is 0 Å². The summed E-state index contributed by atoms with van der Waals surface area (Å²) in [6.07, 6.45) is 5.97. The molecule has 1 aromatic carbocycles. The summed E-state index contributed by atoms with van der Waals surface area (Å²) in [4.78, 5) is 6.77. The van der Waals surface area contributed by atoms with Crippen LogP contribution in [0, 0.1) is 5.82 Å². The zero-order valence-electron chi connectivity index (χ0n) is 16.0. The number of hydrogen-bond donors (Lipinski definition) is 2. The van der Waals surface area contributed by atoms with Crippen molar-refractivity contribution >= 4 is 5.96 Å². The van der Waals surface area contributed by atoms with Crippen molar-refractivity contribution in [1.29, 1.82) is 0 Å². The Morgan fingerprint density at radius 3 is 2.78 bits per heavy atom. The number of likely N-dealkylation sites (tertiary alicyclic amines) is 1. The van der Waals surface area contributed by atoms with Crippen molar-refractivity contribution < 1.29 is 8.81 Å².